The number of halogens is 2. The molecule has 0 saturated carbocycles. The van der Waals surface area contributed by atoms with Crippen molar-refractivity contribution < 1.29 is 9.47 Å². The van der Waals surface area contributed by atoms with Crippen LogP contribution in [0.2, 0.25) is 5.02 Å². The van der Waals surface area contributed by atoms with Gasteiger partial charge < -0.3 is 14.8 Å². The van der Waals surface area contributed by atoms with E-state index in [2.05, 4.69) is 46.4 Å². The van der Waals surface area contributed by atoms with E-state index in [4.69, 9.17) is 21.1 Å². The Bertz CT molecular complexity index is 913. The Morgan fingerprint density at radius 3 is 2.48 bits per heavy atom. The second kappa shape index (κ2) is 9.16. The van der Waals surface area contributed by atoms with Crippen LogP contribution < -0.4 is 14.8 Å². The van der Waals surface area contributed by atoms with Crippen LogP contribution in [0.4, 0.5) is 5.69 Å². The Labute approximate surface area is 173 Å². The van der Waals surface area contributed by atoms with Crippen molar-refractivity contribution in [3.63, 3.8) is 0 Å². The lowest BCUT2D eigenvalue weighted by molar-refractivity contribution is 0.284. The fraction of sp³-hybridized carbons (Fsp3) is 0.182. The second-order valence-electron chi connectivity index (χ2n) is 6.23. The van der Waals surface area contributed by atoms with E-state index in [9.17, 15) is 0 Å². The third-order valence-electron chi connectivity index (χ3n) is 4.14. The maximum absolute atomic E-state index is 5.99. The molecule has 0 saturated heterocycles. The summed E-state index contributed by atoms with van der Waals surface area (Å²) in [6.45, 7) is 3.22. The topological polar surface area (TPSA) is 30.5 Å². The minimum absolute atomic E-state index is 0.493. The van der Waals surface area contributed by atoms with E-state index in [0.29, 0.717) is 24.7 Å². The molecular weight excluding hydrogens is 426 g/mol. The number of rotatable bonds is 7. The molecule has 0 atom stereocenters. The first kappa shape index (κ1) is 19.6. The molecule has 0 aliphatic rings. The van der Waals surface area contributed by atoms with Gasteiger partial charge in [0.1, 0.15) is 6.61 Å². The highest BCUT2D eigenvalue weighted by Gasteiger charge is 2.11. The number of benzene rings is 3. The Kier molecular flexibility index (Phi) is 6.64. The number of ether oxygens (including phenoxy) is 2. The number of methoxy groups -OCH3 is 1. The van der Waals surface area contributed by atoms with Crippen LogP contribution in [0.15, 0.2) is 65.1 Å². The summed E-state index contributed by atoms with van der Waals surface area (Å²) in [6, 6.07) is 19.8. The summed E-state index contributed by atoms with van der Waals surface area (Å²) in [5.41, 5.74) is 4.42. The van der Waals surface area contributed by atoms with Crippen LogP contribution in [0.5, 0.6) is 11.5 Å². The first-order chi connectivity index (χ1) is 13.0. The van der Waals surface area contributed by atoms with Crippen LogP contribution in [0.1, 0.15) is 16.7 Å². The second-order valence-corrected chi connectivity index (χ2v) is 7.52. The van der Waals surface area contributed by atoms with Gasteiger partial charge in [0.05, 0.1) is 7.11 Å². The van der Waals surface area contributed by atoms with E-state index in [1.807, 2.05) is 42.5 Å². The molecule has 0 aliphatic heterocycles. The predicted octanol–water partition coefficient (Wildman–Crippen LogP) is 6.61. The van der Waals surface area contributed by atoms with Crippen LogP contribution in [-0.2, 0) is 13.2 Å². The van der Waals surface area contributed by atoms with E-state index >= 15 is 0 Å². The van der Waals surface area contributed by atoms with Gasteiger partial charge >= 0.3 is 0 Å². The van der Waals surface area contributed by atoms with E-state index in [-0.39, 0.29) is 0 Å². The molecule has 3 aromatic rings. The summed E-state index contributed by atoms with van der Waals surface area (Å²) in [4.78, 5) is 0. The highest BCUT2D eigenvalue weighted by atomic mass is 79.9. The normalized spacial score (nSPS) is 10.5. The Morgan fingerprint density at radius 1 is 1.00 bits per heavy atom. The number of hydrogen-bond donors (Lipinski definition) is 1. The average molecular weight is 447 g/mol. The minimum Gasteiger partial charge on any atom is -0.493 e. The molecule has 27 heavy (non-hydrogen) atoms. The summed E-state index contributed by atoms with van der Waals surface area (Å²) < 4.78 is 12.5. The molecule has 1 N–H and O–H groups in total. The predicted molar refractivity (Wildman–Crippen MR) is 115 cm³/mol. The van der Waals surface area contributed by atoms with E-state index in [1.54, 1.807) is 7.11 Å². The Hall–Kier alpha value is -2.17. The molecule has 5 heteroatoms. The lowest BCUT2D eigenvalue weighted by Crippen LogP contribution is -2.03. The van der Waals surface area contributed by atoms with E-state index in [0.717, 1.165) is 26.3 Å². The standard InChI is InChI=1S/C22H21BrClNO2/c1-15-4-3-5-16(10-15)14-27-22-12-20(23)17(11-21(22)26-2)13-25-19-8-6-18(24)7-9-19/h3-12,25H,13-14H2,1-2H3. The maximum atomic E-state index is 5.99. The number of hydrogen-bond acceptors (Lipinski definition) is 3. The molecule has 0 bridgehead atoms. The Morgan fingerprint density at radius 2 is 1.78 bits per heavy atom. The number of anilines is 1. The molecule has 0 heterocycles. The van der Waals surface area contributed by atoms with Crippen LogP contribution in [0.3, 0.4) is 0 Å². The molecule has 0 aliphatic carbocycles. The molecule has 0 spiro atoms. The zero-order chi connectivity index (χ0) is 19.2. The highest BCUT2D eigenvalue weighted by Crippen LogP contribution is 2.34. The van der Waals surface area contributed by atoms with Crippen molar-refractivity contribution >= 4 is 33.2 Å². The number of aryl methyl sites for hydroxylation is 1. The van der Waals surface area contributed by atoms with Crippen LogP contribution >= 0.6 is 27.5 Å². The molecule has 0 amide bonds. The zero-order valence-corrected chi connectivity index (χ0v) is 17.6. The van der Waals surface area contributed by atoms with Gasteiger partial charge in [-0.05, 0) is 54.4 Å². The first-order valence-corrected chi connectivity index (χ1v) is 9.76. The molecular formula is C22H21BrClNO2. The summed E-state index contributed by atoms with van der Waals surface area (Å²) >= 11 is 9.56. The van der Waals surface area contributed by atoms with Crippen LogP contribution in [-0.4, -0.2) is 7.11 Å². The summed E-state index contributed by atoms with van der Waals surface area (Å²) in [5, 5.41) is 4.10. The van der Waals surface area contributed by atoms with Gasteiger partial charge in [0, 0.05) is 21.7 Å². The lowest BCUT2D eigenvalue weighted by Gasteiger charge is -2.15. The fourth-order valence-corrected chi connectivity index (χ4v) is 3.30. The van der Waals surface area contributed by atoms with Gasteiger partial charge in [-0.2, -0.15) is 0 Å². The summed E-state index contributed by atoms with van der Waals surface area (Å²) in [6.07, 6.45) is 0. The van der Waals surface area contributed by atoms with Crippen molar-refractivity contribution in [1.82, 2.24) is 0 Å². The van der Waals surface area contributed by atoms with Crippen LogP contribution in [0.25, 0.3) is 0 Å². The van der Waals surface area contributed by atoms with Crippen molar-refractivity contribution in [2.24, 2.45) is 0 Å². The van der Waals surface area contributed by atoms with Crippen molar-refractivity contribution in [2.45, 2.75) is 20.1 Å². The van der Waals surface area contributed by atoms with E-state index < -0.39 is 0 Å². The molecule has 0 unspecified atom stereocenters. The molecule has 3 rings (SSSR count). The van der Waals surface area contributed by atoms with Crippen molar-refractivity contribution in [2.75, 3.05) is 12.4 Å². The van der Waals surface area contributed by atoms with Gasteiger partial charge in [-0.3, -0.25) is 0 Å². The highest BCUT2D eigenvalue weighted by molar-refractivity contribution is 9.10. The van der Waals surface area contributed by atoms with Gasteiger partial charge in [-0.1, -0.05) is 57.4 Å². The molecule has 0 radical (unpaired) electrons. The minimum atomic E-state index is 0.493. The average Bonchev–Trinajstić information content (AvgIpc) is 2.67. The van der Waals surface area contributed by atoms with Crippen molar-refractivity contribution in [3.8, 4) is 11.5 Å². The number of nitrogens with one attached hydrogen (secondary N) is 1. The smallest absolute Gasteiger partial charge is 0.162 e. The largest absolute Gasteiger partial charge is 0.493 e. The molecule has 0 fully saturated rings. The SMILES string of the molecule is COc1cc(CNc2ccc(Cl)cc2)c(Br)cc1OCc1cccc(C)c1. The molecule has 140 valence electrons. The molecule has 0 aromatic heterocycles. The quantitative estimate of drug-likeness (QED) is 0.443. The Balaban J connectivity index is 1.71. The van der Waals surface area contributed by atoms with Gasteiger partial charge in [0.2, 0.25) is 0 Å². The first-order valence-electron chi connectivity index (χ1n) is 8.59. The lowest BCUT2D eigenvalue weighted by atomic mass is 10.1. The summed E-state index contributed by atoms with van der Waals surface area (Å²) in [5.74, 6) is 1.42. The van der Waals surface area contributed by atoms with E-state index in [1.165, 1.54) is 5.56 Å². The van der Waals surface area contributed by atoms with Crippen molar-refractivity contribution in [1.29, 1.82) is 0 Å². The van der Waals surface area contributed by atoms with Crippen molar-refractivity contribution in [3.05, 3.63) is 86.8 Å². The van der Waals surface area contributed by atoms with Gasteiger partial charge in [-0.25, -0.2) is 0 Å². The van der Waals surface area contributed by atoms with Gasteiger partial charge in [0.15, 0.2) is 11.5 Å². The maximum Gasteiger partial charge on any atom is 0.162 e. The third-order valence-corrected chi connectivity index (χ3v) is 5.13. The van der Waals surface area contributed by atoms with Crippen LogP contribution in [0, 0.1) is 6.92 Å². The fourth-order valence-electron chi connectivity index (χ4n) is 2.71. The molecule has 3 aromatic carbocycles. The molecule has 3 nitrogen and oxygen atoms in total. The summed E-state index contributed by atoms with van der Waals surface area (Å²) in [7, 11) is 1.65. The monoisotopic (exact) mass is 445 g/mol. The zero-order valence-electron chi connectivity index (χ0n) is 15.3. The van der Waals surface area contributed by atoms with Gasteiger partial charge in [-0.15, -0.1) is 0 Å². The van der Waals surface area contributed by atoms with Gasteiger partial charge in [0.25, 0.3) is 0 Å². The third kappa shape index (κ3) is 5.41.